The van der Waals surface area contributed by atoms with Crippen LogP contribution < -0.4 is 15.3 Å². The van der Waals surface area contributed by atoms with Gasteiger partial charge in [0.1, 0.15) is 17.3 Å². The van der Waals surface area contributed by atoms with E-state index in [2.05, 4.69) is 0 Å². The number of aliphatic carboxylic acids is 3. The Morgan fingerprint density at radius 3 is 0.680 bits per heavy atom. The number of rotatable bonds is 9. The first-order chi connectivity index (χ1) is 10.9. The van der Waals surface area contributed by atoms with Crippen molar-refractivity contribution in [3.05, 3.63) is 0 Å². The number of Topliss-reactive ketones (excluding diaryl/α,β-unsaturated/α-hetero) is 3. The Balaban J connectivity index is -0.000000130. The van der Waals surface area contributed by atoms with Gasteiger partial charge in [-0.3, -0.25) is 0 Å². The number of hydrogen-bond donors (Lipinski definition) is 0. The summed E-state index contributed by atoms with van der Waals surface area (Å²) in [4.78, 5) is 59.1. The summed E-state index contributed by atoms with van der Waals surface area (Å²) >= 11 is 0. The number of carboxylic acids is 3. The van der Waals surface area contributed by atoms with Crippen molar-refractivity contribution in [2.45, 2.75) is 59.3 Å². The first kappa shape index (κ1) is 31.3. The summed E-state index contributed by atoms with van der Waals surface area (Å²) in [6.07, 6.45) is -0.215. The molecular formula is C15H21O9Y. The van der Waals surface area contributed by atoms with E-state index in [1.165, 1.54) is 20.8 Å². The predicted molar refractivity (Wildman–Crippen MR) is 74.8 cm³/mol. The second-order valence-corrected chi connectivity index (χ2v) is 4.72. The van der Waals surface area contributed by atoms with Gasteiger partial charge in [-0.05, 0) is 40.0 Å². The van der Waals surface area contributed by atoms with Gasteiger partial charge in [0.15, 0.2) is 0 Å². The normalized spacial score (nSPS) is 8.28. The molecule has 0 amide bonds. The van der Waals surface area contributed by atoms with Crippen LogP contribution in [0, 0.1) is 0 Å². The van der Waals surface area contributed by atoms with Crippen LogP contribution in [-0.4, -0.2) is 35.3 Å². The number of carbonyl (C=O) groups is 6. The van der Waals surface area contributed by atoms with E-state index in [0.717, 1.165) is 0 Å². The predicted octanol–water partition coefficient (Wildman–Crippen LogP) is -2.69. The van der Waals surface area contributed by atoms with Crippen LogP contribution in [0.2, 0.25) is 0 Å². The molecule has 0 heterocycles. The smallest absolute Gasteiger partial charge is 0.550 e. The number of carboxylic acid groups (broad SMARTS) is 3. The monoisotopic (exact) mass is 434 g/mol. The fourth-order valence-corrected chi connectivity index (χ4v) is 0.834. The molecule has 0 aliphatic carbocycles. The molecule has 25 heavy (non-hydrogen) atoms. The number of hydrogen-bond acceptors (Lipinski definition) is 9. The van der Waals surface area contributed by atoms with E-state index < -0.39 is 17.9 Å². The SMILES string of the molecule is CC(=O)CCC(=O)[O-].CC(=O)CCC(=O)[O-].CC(=O)CCC(=O)[O-].[Y+3]. The van der Waals surface area contributed by atoms with Crippen LogP contribution in [0.4, 0.5) is 0 Å². The van der Waals surface area contributed by atoms with Gasteiger partial charge >= 0.3 is 32.7 Å². The van der Waals surface area contributed by atoms with E-state index in [1.807, 2.05) is 0 Å². The molecule has 0 aromatic carbocycles. The van der Waals surface area contributed by atoms with Crippen LogP contribution in [0.15, 0.2) is 0 Å². The largest absolute Gasteiger partial charge is 3.00 e. The molecule has 0 aromatic heterocycles. The Labute approximate surface area is 171 Å². The molecule has 0 aliphatic heterocycles. The maximum absolute atomic E-state index is 10.1. The first-order valence-electron chi connectivity index (χ1n) is 6.96. The molecule has 0 aliphatic rings. The van der Waals surface area contributed by atoms with Gasteiger partial charge in [0.05, 0.1) is 0 Å². The van der Waals surface area contributed by atoms with Gasteiger partial charge in [-0.2, -0.15) is 0 Å². The minimum absolute atomic E-state index is 0. The third-order valence-corrected chi connectivity index (χ3v) is 2.04. The molecule has 0 aromatic rings. The van der Waals surface area contributed by atoms with Gasteiger partial charge in [0.2, 0.25) is 0 Å². The molecule has 138 valence electrons. The average Bonchev–Trinajstić information content (AvgIpc) is 2.42. The Hall–Kier alpha value is -1.48. The fourth-order valence-electron chi connectivity index (χ4n) is 0.834. The summed E-state index contributed by atoms with van der Waals surface area (Å²) in [5.74, 6) is -3.85. The van der Waals surface area contributed by atoms with E-state index in [0.29, 0.717) is 0 Å². The summed E-state index contributed by atoms with van der Waals surface area (Å²) in [6, 6.07) is 0. The summed E-state index contributed by atoms with van der Waals surface area (Å²) in [5, 5.41) is 28.9. The summed E-state index contributed by atoms with van der Waals surface area (Å²) in [5.41, 5.74) is 0. The van der Waals surface area contributed by atoms with E-state index in [1.54, 1.807) is 0 Å². The Bertz CT molecular complexity index is 349. The van der Waals surface area contributed by atoms with Crippen LogP contribution in [0.25, 0.3) is 0 Å². The second-order valence-electron chi connectivity index (χ2n) is 4.72. The van der Waals surface area contributed by atoms with Crippen LogP contribution in [0.3, 0.4) is 0 Å². The van der Waals surface area contributed by atoms with Crippen molar-refractivity contribution in [3.63, 3.8) is 0 Å². The zero-order chi connectivity index (χ0) is 19.7. The van der Waals surface area contributed by atoms with E-state index in [-0.39, 0.29) is 88.6 Å². The van der Waals surface area contributed by atoms with Crippen LogP contribution in [0.1, 0.15) is 59.3 Å². The molecule has 0 saturated heterocycles. The van der Waals surface area contributed by atoms with Crippen molar-refractivity contribution in [2.24, 2.45) is 0 Å². The van der Waals surface area contributed by atoms with Gasteiger partial charge in [-0.25, -0.2) is 0 Å². The fraction of sp³-hybridized carbons (Fsp3) is 0.600. The average molecular weight is 434 g/mol. The van der Waals surface area contributed by atoms with Crippen molar-refractivity contribution in [1.82, 2.24) is 0 Å². The molecule has 0 spiro atoms. The van der Waals surface area contributed by atoms with Crippen molar-refractivity contribution in [1.29, 1.82) is 0 Å². The third kappa shape index (κ3) is 51.9. The first-order valence-corrected chi connectivity index (χ1v) is 6.96. The molecule has 0 atom stereocenters. The molecule has 0 rings (SSSR count). The summed E-state index contributed by atoms with van der Waals surface area (Å²) in [6.45, 7) is 4.05. The Kier molecular flexibility index (Phi) is 25.8. The zero-order valence-corrected chi connectivity index (χ0v) is 17.3. The molecule has 0 N–H and O–H groups in total. The number of ketones is 3. The maximum Gasteiger partial charge on any atom is 3.00 e. The quantitative estimate of drug-likeness (QED) is 0.375. The summed E-state index contributed by atoms with van der Waals surface area (Å²) in [7, 11) is 0. The van der Waals surface area contributed by atoms with E-state index in [9.17, 15) is 44.1 Å². The van der Waals surface area contributed by atoms with E-state index >= 15 is 0 Å². The Morgan fingerprint density at radius 2 is 0.640 bits per heavy atom. The molecular weight excluding hydrogens is 413 g/mol. The molecule has 0 radical (unpaired) electrons. The standard InChI is InChI=1S/3C5H8O3.Y/c3*1-4(6)2-3-5(7)8;/h3*2-3H2,1H3,(H,7,8);/q;;;+3/p-3. The molecule has 9 nitrogen and oxygen atoms in total. The van der Waals surface area contributed by atoms with Gasteiger partial charge < -0.3 is 44.1 Å². The second kappa shape index (κ2) is 20.6. The number of carbonyl (C=O) groups excluding carboxylic acids is 6. The third-order valence-electron chi connectivity index (χ3n) is 2.04. The van der Waals surface area contributed by atoms with Crippen LogP contribution >= 0.6 is 0 Å². The molecule has 0 saturated carbocycles. The van der Waals surface area contributed by atoms with Crippen LogP contribution in [0.5, 0.6) is 0 Å². The molecule has 0 fully saturated rings. The minimum atomic E-state index is -1.17. The topological polar surface area (TPSA) is 172 Å². The zero-order valence-electron chi connectivity index (χ0n) is 14.5. The maximum atomic E-state index is 10.1. The van der Waals surface area contributed by atoms with E-state index in [4.69, 9.17) is 0 Å². The van der Waals surface area contributed by atoms with Gasteiger partial charge in [-0.15, -0.1) is 0 Å². The van der Waals surface area contributed by atoms with Gasteiger partial charge in [0.25, 0.3) is 0 Å². The molecule has 0 bridgehead atoms. The van der Waals surface area contributed by atoms with Crippen molar-refractivity contribution in [3.8, 4) is 0 Å². The molecule has 0 unspecified atom stereocenters. The van der Waals surface area contributed by atoms with Gasteiger partial charge in [0, 0.05) is 37.2 Å². The minimum Gasteiger partial charge on any atom is -0.550 e. The molecule has 10 heteroatoms. The van der Waals surface area contributed by atoms with Gasteiger partial charge in [-0.1, -0.05) is 0 Å². The summed E-state index contributed by atoms with van der Waals surface area (Å²) < 4.78 is 0. The Morgan fingerprint density at radius 1 is 0.480 bits per heavy atom. The van der Waals surface area contributed by atoms with Crippen LogP contribution in [-0.2, 0) is 61.5 Å². The van der Waals surface area contributed by atoms with Crippen molar-refractivity contribution in [2.75, 3.05) is 0 Å². The van der Waals surface area contributed by atoms with Crippen molar-refractivity contribution >= 4 is 35.3 Å². The van der Waals surface area contributed by atoms with Crippen molar-refractivity contribution < 1.29 is 76.8 Å².